The van der Waals surface area contributed by atoms with E-state index in [4.69, 9.17) is 5.21 Å². The summed E-state index contributed by atoms with van der Waals surface area (Å²) in [5, 5.41) is 8.89. The molecule has 0 aliphatic carbocycles. The normalized spacial score (nSPS) is 27.4. The molecule has 0 radical (unpaired) electrons. The quantitative estimate of drug-likeness (QED) is 0.353. The van der Waals surface area contributed by atoms with Gasteiger partial charge in [-0.3, -0.25) is 14.8 Å². The Bertz CT molecular complexity index is 182. The number of amides is 2. The Morgan fingerprint density at radius 1 is 1.60 bits per heavy atom. The van der Waals surface area contributed by atoms with Gasteiger partial charge in [0.1, 0.15) is 0 Å². The Kier molecular flexibility index (Phi) is 2.05. The summed E-state index contributed by atoms with van der Waals surface area (Å²) in [6.45, 7) is 0. The van der Waals surface area contributed by atoms with Crippen LogP contribution in [0, 0.1) is 0 Å². The highest BCUT2D eigenvalue weighted by molar-refractivity contribution is 9.10. The molecule has 1 aliphatic heterocycles. The highest BCUT2D eigenvalue weighted by Gasteiger charge is 2.31. The van der Waals surface area contributed by atoms with Crippen molar-refractivity contribution in [1.29, 1.82) is 0 Å². The molecule has 0 spiro atoms. The van der Waals surface area contributed by atoms with E-state index in [9.17, 15) is 9.59 Å². The molecule has 1 rings (SSSR count). The number of carbonyl (C=O) groups excluding carboxylic acids is 2. The molecule has 56 valence electrons. The van der Waals surface area contributed by atoms with Gasteiger partial charge in [0.2, 0.25) is 0 Å². The molecular formula is C5H6BrNO3. The Balaban J connectivity index is 2.70. The average Bonchev–Trinajstić information content (AvgIpc) is 1.93. The van der Waals surface area contributed by atoms with E-state index in [1.54, 1.807) is 0 Å². The van der Waals surface area contributed by atoms with E-state index in [0.717, 1.165) is 0 Å². The number of imide groups is 1. The van der Waals surface area contributed by atoms with Crippen LogP contribution in [0.1, 0.15) is 12.8 Å². The molecule has 1 N–H and O–H groups in total. The SMILES string of the molecule is O=C1CCC(Br)C(=O)N1O. The van der Waals surface area contributed by atoms with Gasteiger partial charge in [0.05, 0.1) is 4.83 Å². The zero-order chi connectivity index (χ0) is 7.72. The molecule has 0 aromatic carbocycles. The number of alkyl halides is 1. The number of halogens is 1. The predicted molar refractivity (Wildman–Crippen MR) is 35.6 cm³/mol. The molecule has 1 aliphatic rings. The Hall–Kier alpha value is -0.420. The molecule has 0 aromatic heterocycles. The van der Waals surface area contributed by atoms with Gasteiger partial charge in [-0.1, -0.05) is 15.9 Å². The summed E-state index contributed by atoms with van der Waals surface area (Å²) >= 11 is 3.02. The average molecular weight is 208 g/mol. The lowest BCUT2D eigenvalue weighted by atomic mass is 10.1. The molecule has 10 heavy (non-hydrogen) atoms. The minimum atomic E-state index is -0.573. The van der Waals surface area contributed by atoms with Crippen molar-refractivity contribution in [3.63, 3.8) is 0 Å². The second kappa shape index (κ2) is 2.67. The molecule has 2 amide bonds. The molecule has 1 saturated heterocycles. The Labute approximate surface area is 65.9 Å². The lowest BCUT2D eigenvalue weighted by Gasteiger charge is -2.21. The van der Waals surface area contributed by atoms with Crippen LogP contribution in [-0.2, 0) is 9.59 Å². The number of piperidine rings is 1. The van der Waals surface area contributed by atoms with Gasteiger partial charge in [-0.2, -0.15) is 5.06 Å². The van der Waals surface area contributed by atoms with E-state index in [0.29, 0.717) is 6.42 Å². The van der Waals surface area contributed by atoms with Gasteiger partial charge in [0.25, 0.3) is 11.8 Å². The summed E-state index contributed by atoms with van der Waals surface area (Å²) in [5.41, 5.74) is 0. The van der Waals surface area contributed by atoms with E-state index in [1.807, 2.05) is 0 Å². The third-order valence-electron chi connectivity index (χ3n) is 1.32. The molecule has 1 fully saturated rings. The van der Waals surface area contributed by atoms with Gasteiger partial charge in [-0.25, -0.2) is 0 Å². The highest BCUT2D eigenvalue weighted by Crippen LogP contribution is 2.17. The largest absolute Gasteiger partial charge is 0.278 e. The van der Waals surface area contributed by atoms with Crippen molar-refractivity contribution in [2.45, 2.75) is 17.7 Å². The Morgan fingerprint density at radius 2 is 2.20 bits per heavy atom. The van der Waals surface area contributed by atoms with Gasteiger partial charge in [0.15, 0.2) is 0 Å². The summed E-state index contributed by atoms with van der Waals surface area (Å²) in [7, 11) is 0. The molecule has 0 bridgehead atoms. The van der Waals surface area contributed by atoms with Crippen LogP contribution in [0.4, 0.5) is 0 Å². The zero-order valence-electron chi connectivity index (χ0n) is 5.08. The van der Waals surface area contributed by atoms with Crippen molar-refractivity contribution in [3.05, 3.63) is 0 Å². The molecule has 0 aromatic rings. The van der Waals surface area contributed by atoms with Gasteiger partial charge in [-0.15, -0.1) is 0 Å². The molecule has 1 atom stereocenters. The fourth-order valence-corrected chi connectivity index (χ4v) is 1.16. The first kappa shape index (κ1) is 7.68. The van der Waals surface area contributed by atoms with Gasteiger partial charge in [0, 0.05) is 6.42 Å². The van der Waals surface area contributed by atoms with Crippen LogP contribution in [-0.4, -0.2) is 26.9 Å². The first-order valence-electron chi connectivity index (χ1n) is 2.82. The Morgan fingerprint density at radius 3 is 2.70 bits per heavy atom. The monoisotopic (exact) mass is 207 g/mol. The summed E-state index contributed by atoms with van der Waals surface area (Å²) < 4.78 is 0. The van der Waals surface area contributed by atoms with E-state index in [2.05, 4.69) is 15.9 Å². The van der Waals surface area contributed by atoms with E-state index >= 15 is 0 Å². The molecule has 1 heterocycles. The van der Waals surface area contributed by atoms with Crippen molar-refractivity contribution in [2.75, 3.05) is 0 Å². The third kappa shape index (κ3) is 1.19. The van der Waals surface area contributed by atoms with E-state index in [-0.39, 0.29) is 11.5 Å². The topological polar surface area (TPSA) is 57.6 Å². The van der Waals surface area contributed by atoms with Crippen LogP contribution < -0.4 is 0 Å². The molecular weight excluding hydrogens is 202 g/mol. The molecule has 1 unspecified atom stereocenters. The van der Waals surface area contributed by atoms with Crippen molar-refractivity contribution >= 4 is 27.7 Å². The van der Waals surface area contributed by atoms with Crippen LogP contribution in [0.2, 0.25) is 0 Å². The number of carbonyl (C=O) groups is 2. The second-order valence-corrected chi connectivity index (χ2v) is 3.16. The van der Waals surface area contributed by atoms with Crippen molar-refractivity contribution < 1.29 is 14.8 Å². The van der Waals surface area contributed by atoms with E-state index < -0.39 is 16.6 Å². The number of hydrogen-bond acceptors (Lipinski definition) is 3. The lowest BCUT2D eigenvalue weighted by molar-refractivity contribution is -0.181. The number of nitrogens with zero attached hydrogens (tertiary/aromatic N) is 1. The smallest absolute Gasteiger partial charge is 0.267 e. The van der Waals surface area contributed by atoms with Crippen LogP contribution >= 0.6 is 15.9 Å². The van der Waals surface area contributed by atoms with Crippen molar-refractivity contribution in [2.24, 2.45) is 0 Å². The van der Waals surface area contributed by atoms with Gasteiger partial charge in [-0.05, 0) is 6.42 Å². The maximum atomic E-state index is 10.7. The molecule has 4 nitrogen and oxygen atoms in total. The first-order valence-corrected chi connectivity index (χ1v) is 3.74. The fraction of sp³-hybridized carbons (Fsp3) is 0.600. The molecule has 5 heteroatoms. The second-order valence-electron chi connectivity index (χ2n) is 2.05. The van der Waals surface area contributed by atoms with Crippen LogP contribution in [0.25, 0.3) is 0 Å². The van der Waals surface area contributed by atoms with Crippen molar-refractivity contribution in [3.8, 4) is 0 Å². The first-order chi connectivity index (χ1) is 4.63. The predicted octanol–water partition coefficient (Wildman–Crippen LogP) is 0.288. The zero-order valence-corrected chi connectivity index (χ0v) is 6.67. The highest BCUT2D eigenvalue weighted by atomic mass is 79.9. The summed E-state index contributed by atoms with van der Waals surface area (Å²) in [5.74, 6) is -1.10. The summed E-state index contributed by atoms with van der Waals surface area (Å²) in [4.78, 5) is 20.9. The maximum Gasteiger partial charge on any atom is 0.267 e. The lowest BCUT2D eigenvalue weighted by Crippen LogP contribution is -2.43. The van der Waals surface area contributed by atoms with E-state index in [1.165, 1.54) is 0 Å². The van der Waals surface area contributed by atoms with Crippen LogP contribution in [0.3, 0.4) is 0 Å². The minimum Gasteiger partial charge on any atom is -0.278 e. The summed E-state index contributed by atoms with van der Waals surface area (Å²) in [6.07, 6.45) is 0.687. The molecule has 0 saturated carbocycles. The van der Waals surface area contributed by atoms with Gasteiger partial charge >= 0.3 is 0 Å². The fourth-order valence-electron chi connectivity index (χ4n) is 0.735. The third-order valence-corrected chi connectivity index (χ3v) is 2.17. The number of hydrogen-bond donors (Lipinski definition) is 1. The van der Waals surface area contributed by atoms with Gasteiger partial charge < -0.3 is 0 Å². The minimum absolute atomic E-state index is 0.170. The number of hydroxylamine groups is 2. The standard InChI is InChI=1S/C5H6BrNO3/c6-3-1-2-4(8)7(10)5(3)9/h3,10H,1-2H2. The summed E-state index contributed by atoms with van der Waals surface area (Å²) in [6, 6.07) is 0. The van der Waals surface area contributed by atoms with Crippen molar-refractivity contribution in [1.82, 2.24) is 5.06 Å². The maximum absolute atomic E-state index is 10.7. The van der Waals surface area contributed by atoms with Crippen LogP contribution in [0.15, 0.2) is 0 Å². The number of rotatable bonds is 0. The van der Waals surface area contributed by atoms with Crippen LogP contribution in [0.5, 0.6) is 0 Å².